The topological polar surface area (TPSA) is 78.1 Å². The number of nitrogens with zero attached hydrogens (tertiary/aromatic N) is 2. The minimum absolute atomic E-state index is 0.0400. The molecular formula is C26H25ClN4O2S. The summed E-state index contributed by atoms with van der Waals surface area (Å²) in [5, 5.41) is 7.85. The summed E-state index contributed by atoms with van der Waals surface area (Å²) in [5.41, 5.74) is 4.72. The number of carbonyl (C=O) groups excluding carboxylic acids is 2. The normalized spacial score (nSPS) is 14.5. The number of hydrogen-bond acceptors (Lipinski definition) is 4. The fourth-order valence-electron chi connectivity index (χ4n) is 4.40. The van der Waals surface area contributed by atoms with Crippen molar-refractivity contribution in [2.24, 2.45) is 0 Å². The van der Waals surface area contributed by atoms with Gasteiger partial charge in [0.1, 0.15) is 5.82 Å². The molecule has 1 atom stereocenters. The number of hydrogen-bond donors (Lipinski definition) is 2. The molecule has 0 aliphatic carbocycles. The minimum atomic E-state index is -0.348. The molecule has 0 bridgehead atoms. The summed E-state index contributed by atoms with van der Waals surface area (Å²) in [5.74, 6) is 0.509. The largest absolute Gasteiger partial charge is 0.342 e. The Bertz CT molecular complexity index is 1340. The molecule has 8 heteroatoms. The van der Waals surface area contributed by atoms with Gasteiger partial charge in [-0.2, -0.15) is 11.3 Å². The van der Waals surface area contributed by atoms with Crippen molar-refractivity contribution >= 4 is 45.8 Å². The van der Waals surface area contributed by atoms with Gasteiger partial charge in [0.25, 0.3) is 11.8 Å². The van der Waals surface area contributed by atoms with Crippen molar-refractivity contribution in [1.29, 1.82) is 0 Å². The zero-order chi connectivity index (χ0) is 23.7. The number of aromatic amines is 1. The summed E-state index contributed by atoms with van der Waals surface area (Å²) in [6, 6.07) is 12.5. The van der Waals surface area contributed by atoms with Gasteiger partial charge in [-0.15, -0.1) is 0 Å². The number of nitrogens with one attached hydrogen (secondary N) is 2. The standard InChI is InChI=1S/C26H25ClN4O2S/c1-16-12-18(4-6-20(16)26(33)31-9-2-3-10-31)25(32)30-23(13-17-8-11-34-15-17)24-28-21-7-5-19(27)14-22(21)29-24/h4-8,11-12,14-15,23H,2-3,9-10,13H2,1H3,(H,28,29)(H,30,32)/t23-/m0/s1. The Balaban J connectivity index is 1.39. The summed E-state index contributed by atoms with van der Waals surface area (Å²) in [6.07, 6.45) is 2.70. The van der Waals surface area contributed by atoms with E-state index in [2.05, 4.69) is 15.7 Å². The number of imidazole rings is 1. The highest BCUT2D eigenvalue weighted by Crippen LogP contribution is 2.24. The molecule has 34 heavy (non-hydrogen) atoms. The van der Waals surface area contributed by atoms with Crippen LogP contribution in [0.1, 0.15) is 56.6 Å². The lowest BCUT2D eigenvalue weighted by molar-refractivity contribution is 0.0791. The molecule has 2 aromatic carbocycles. The highest BCUT2D eigenvalue weighted by Gasteiger charge is 2.23. The predicted octanol–water partition coefficient (Wildman–Crippen LogP) is 5.54. The first-order valence-electron chi connectivity index (χ1n) is 11.3. The van der Waals surface area contributed by atoms with Crippen LogP contribution in [0.5, 0.6) is 0 Å². The van der Waals surface area contributed by atoms with Crippen LogP contribution in [0, 0.1) is 6.92 Å². The first-order chi connectivity index (χ1) is 16.5. The summed E-state index contributed by atoms with van der Waals surface area (Å²) in [4.78, 5) is 36.0. The van der Waals surface area contributed by atoms with Crippen molar-refractivity contribution in [2.75, 3.05) is 13.1 Å². The van der Waals surface area contributed by atoms with Gasteiger partial charge in [-0.25, -0.2) is 4.98 Å². The first kappa shape index (κ1) is 22.6. The van der Waals surface area contributed by atoms with E-state index in [1.807, 2.05) is 35.4 Å². The van der Waals surface area contributed by atoms with E-state index >= 15 is 0 Å². The van der Waals surface area contributed by atoms with Crippen LogP contribution in [0.2, 0.25) is 5.02 Å². The van der Waals surface area contributed by atoms with E-state index in [1.54, 1.807) is 35.6 Å². The first-order valence-corrected chi connectivity index (χ1v) is 12.7. The van der Waals surface area contributed by atoms with E-state index in [-0.39, 0.29) is 17.9 Å². The number of fused-ring (bicyclic) bond motifs is 1. The lowest BCUT2D eigenvalue weighted by Crippen LogP contribution is -2.31. The second kappa shape index (κ2) is 9.60. The Morgan fingerprint density at radius 2 is 2.00 bits per heavy atom. The zero-order valence-corrected chi connectivity index (χ0v) is 20.4. The van der Waals surface area contributed by atoms with E-state index in [1.165, 1.54) is 0 Å². The quantitative estimate of drug-likeness (QED) is 0.371. The van der Waals surface area contributed by atoms with Crippen LogP contribution in [0.4, 0.5) is 0 Å². The lowest BCUT2D eigenvalue weighted by atomic mass is 10.0. The van der Waals surface area contributed by atoms with Crippen molar-refractivity contribution in [3.63, 3.8) is 0 Å². The molecule has 1 aliphatic rings. The van der Waals surface area contributed by atoms with Gasteiger partial charge in [0, 0.05) is 35.7 Å². The maximum absolute atomic E-state index is 13.2. The number of amides is 2. The predicted molar refractivity (Wildman–Crippen MR) is 136 cm³/mol. The van der Waals surface area contributed by atoms with Crippen LogP contribution in [-0.4, -0.2) is 39.8 Å². The summed E-state index contributed by atoms with van der Waals surface area (Å²) >= 11 is 7.75. The van der Waals surface area contributed by atoms with Gasteiger partial charge in [-0.3, -0.25) is 9.59 Å². The number of aromatic nitrogens is 2. The number of thiophene rings is 1. The van der Waals surface area contributed by atoms with Crippen molar-refractivity contribution in [1.82, 2.24) is 20.2 Å². The number of H-pyrrole nitrogens is 1. The fraction of sp³-hybridized carbons (Fsp3) is 0.269. The molecule has 0 radical (unpaired) electrons. The Kier molecular flexibility index (Phi) is 6.39. The monoisotopic (exact) mass is 492 g/mol. The number of rotatable bonds is 6. The molecular weight excluding hydrogens is 468 g/mol. The van der Waals surface area contributed by atoms with E-state index in [9.17, 15) is 9.59 Å². The Hall–Kier alpha value is -3.16. The van der Waals surface area contributed by atoms with E-state index in [0.29, 0.717) is 28.4 Å². The fourth-order valence-corrected chi connectivity index (χ4v) is 5.26. The number of halogens is 1. The van der Waals surface area contributed by atoms with Crippen molar-refractivity contribution in [3.05, 3.63) is 86.3 Å². The molecule has 1 aliphatic heterocycles. The molecule has 2 aromatic heterocycles. The van der Waals surface area contributed by atoms with E-state index in [0.717, 1.165) is 48.1 Å². The van der Waals surface area contributed by atoms with Gasteiger partial charge in [0.15, 0.2) is 0 Å². The number of likely N-dealkylation sites (tertiary alicyclic amines) is 1. The van der Waals surface area contributed by atoms with Crippen LogP contribution in [0.25, 0.3) is 11.0 Å². The SMILES string of the molecule is Cc1cc(C(=O)N[C@@H](Cc2ccsc2)c2nc3ccc(Cl)cc3[nH]2)ccc1C(=O)N1CCCC1. The van der Waals surface area contributed by atoms with Crippen LogP contribution >= 0.6 is 22.9 Å². The smallest absolute Gasteiger partial charge is 0.254 e. The molecule has 4 aromatic rings. The van der Waals surface area contributed by atoms with Gasteiger partial charge in [0.2, 0.25) is 0 Å². The van der Waals surface area contributed by atoms with Gasteiger partial charge in [0.05, 0.1) is 17.1 Å². The van der Waals surface area contributed by atoms with Crippen molar-refractivity contribution < 1.29 is 9.59 Å². The summed E-state index contributed by atoms with van der Waals surface area (Å²) in [7, 11) is 0. The summed E-state index contributed by atoms with van der Waals surface area (Å²) < 4.78 is 0. The highest BCUT2D eigenvalue weighted by molar-refractivity contribution is 7.07. The molecule has 2 amide bonds. The number of aryl methyl sites for hydroxylation is 1. The Morgan fingerprint density at radius 1 is 1.18 bits per heavy atom. The summed E-state index contributed by atoms with van der Waals surface area (Å²) in [6.45, 7) is 3.48. The third-order valence-corrected chi connectivity index (χ3v) is 7.20. The van der Waals surface area contributed by atoms with Crippen LogP contribution in [0.15, 0.2) is 53.2 Å². The van der Waals surface area contributed by atoms with Gasteiger partial charge in [-0.1, -0.05) is 11.6 Å². The third-order valence-electron chi connectivity index (χ3n) is 6.23. The average Bonchev–Trinajstić information content (AvgIpc) is 3.59. The molecule has 0 spiro atoms. The molecule has 2 N–H and O–H groups in total. The Labute approximate surface area is 207 Å². The van der Waals surface area contributed by atoms with Crippen molar-refractivity contribution in [2.45, 2.75) is 32.2 Å². The van der Waals surface area contributed by atoms with Gasteiger partial charge in [-0.05, 0) is 84.1 Å². The minimum Gasteiger partial charge on any atom is -0.342 e. The molecule has 1 fully saturated rings. The van der Waals surface area contributed by atoms with Crippen LogP contribution in [0.3, 0.4) is 0 Å². The van der Waals surface area contributed by atoms with Crippen LogP contribution in [-0.2, 0) is 6.42 Å². The van der Waals surface area contributed by atoms with E-state index < -0.39 is 0 Å². The molecule has 6 nitrogen and oxygen atoms in total. The lowest BCUT2D eigenvalue weighted by Gasteiger charge is -2.18. The molecule has 0 unspecified atom stereocenters. The number of carbonyl (C=O) groups is 2. The highest BCUT2D eigenvalue weighted by atomic mass is 35.5. The van der Waals surface area contributed by atoms with Gasteiger partial charge < -0.3 is 15.2 Å². The third kappa shape index (κ3) is 4.72. The average molecular weight is 493 g/mol. The molecule has 174 valence electrons. The zero-order valence-electron chi connectivity index (χ0n) is 18.8. The Morgan fingerprint density at radius 3 is 2.74 bits per heavy atom. The van der Waals surface area contributed by atoms with Crippen molar-refractivity contribution in [3.8, 4) is 0 Å². The maximum Gasteiger partial charge on any atom is 0.254 e. The maximum atomic E-state index is 13.2. The van der Waals surface area contributed by atoms with E-state index in [4.69, 9.17) is 16.6 Å². The second-order valence-electron chi connectivity index (χ2n) is 8.67. The number of benzene rings is 2. The molecule has 0 saturated carbocycles. The van der Waals surface area contributed by atoms with Gasteiger partial charge >= 0.3 is 0 Å². The molecule has 1 saturated heterocycles. The molecule has 3 heterocycles. The molecule has 5 rings (SSSR count). The second-order valence-corrected chi connectivity index (χ2v) is 9.89. The van der Waals surface area contributed by atoms with Crippen LogP contribution < -0.4 is 5.32 Å².